The molecule has 0 radical (unpaired) electrons. The Labute approximate surface area is 185 Å². The minimum atomic E-state index is -0.414. The van der Waals surface area contributed by atoms with Crippen molar-refractivity contribution in [3.8, 4) is 18.1 Å². The molecule has 0 aliphatic carbocycles. The summed E-state index contributed by atoms with van der Waals surface area (Å²) in [5.74, 6) is 2.45. The molecule has 1 saturated heterocycles. The first kappa shape index (κ1) is 20.8. The lowest BCUT2D eigenvalue weighted by Gasteiger charge is -2.11. The van der Waals surface area contributed by atoms with E-state index < -0.39 is 5.91 Å². The molecule has 0 atom stereocenters. The fraction of sp³-hybridized carbons (Fsp3) is 0.100. The molecule has 1 aliphatic heterocycles. The molecule has 0 unspecified atom stereocenters. The van der Waals surface area contributed by atoms with E-state index in [1.54, 1.807) is 30.3 Å². The number of terminal acetylenes is 1. The Balaban J connectivity index is 1.85. The number of nitrogens with zero attached hydrogens (tertiary/aromatic N) is 1. The van der Waals surface area contributed by atoms with E-state index in [9.17, 15) is 9.59 Å². The van der Waals surface area contributed by atoms with Gasteiger partial charge in [-0.1, -0.05) is 51.1 Å². The molecule has 1 aliphatic rings. The van der Waals surface area contributed by atoms with Crippen LogP contribution in [0.5, 0.6) is 5.75 Å². The zero-order valence-corrected chi connectivity index (χ0v) is 18.2. The lowest BCUT2D eigenvalue weighted by molar-refractivity contribution is -0.122. The van der Waals surface area contributed by atoms with Gasteiger partial charge in [0.25, 0.3) is 11.1 Å². The van der Waals surface area contributed by atoms with Crippen molar-refractivity contribution in [2.24, 2.45) is 0 Å². The van der Waals surface area contributed by atoms with Gasteiger partial charge < -0.3 is 4.74 Å². The highest BCUT2D eigenvalue weighted by Gasteiger charge is 2.34. The maximum Gasteiger partial charge on any atom is 0.294 e. The fourth-order valence-corrected chi connectivity index (χ4v) is 3.95. The molecule has 2 aromatic rings. The molecule has 0 bridgehead atoms. The molecule has 4 nitrogen and oxygen atoms in total. The highest BCUT2D eigenvalue weighted by Crippen LogP contribution is 2.35. The largest absolute Gasteiger partial charge is 0.488 e. The second-order valence-electron chi connectivity index (χ2n) is 5.69. The van der Waals surface area contributed by atoms with Crippen molar-refractivity contribution >= 4 is 68.1 Å². The summed E-state index contributed by atoms with van der Waals surface area (Å²) in [7, 11) is 0. The number of rotatable bonds is 5. The van der Waals surface area contributed by atoms with Gasteiger partial charge in [0.15, 0.2) is 0 Å². The highest BCUT2D eigenvalue weighted by molar-refractivity contribution is 9.10. The van der Waals surface area contributed by atoms with Gasteiger partial charge in [-0.3, -0.25) is 14.5 Å². The molecule has 0 N–H and O–H groups in total. The number of carbonyl (C=O) groups excluding carboxylic acids is 2. The lowest BCUT2D eigenvalue weighted by atomic mass is 10.1. The molecule has 142 valence electrons. The summed E-state index contributed by atoms with van der Waals surface area (Å²) in [5, 5.41) is 0.529. The van der Waals surface area contributed by atoms with Crippen molar-refractivity contribution in [2.75, 3.05) is 6.54 Å². The molecule has 2 aromatic carbocycles. The number of halogens is 3. The van der Waals surface area contributed by atoms with Gasteiger partial charge in [-0.25, -0.2) is 0 Å². The first-order valence-corrected chi connectivity index (χ1v) is 10.3. The number of hydrogen-bond acceptors (Lipinski definition) is 4. The number of amides is 2. The van der Waals surface area contributed by atoms with Gasteiger partial charge in [-0.2, -0.15) is 0 Å². The van der Waals surface area contributed by atoms with Crippen LogP contribution < -0.4 is 4.74 Å². The van der Waals surface area contributed by atoms with E-state index in [2.05, 4.69) is 21.9 Å². The van der Waals surface area contributed by atoms with E-state index in [4.69, 9.17) is 34.4 Å². The monoisotopic (exact) mass is 495 g/mol. The Hall–Kier alpha value is -1.91. The van der Waals surface area contributed by atoms with Gasteiger partial charge in [0.1, 0.15) is 12.4 Å². The van der Waals surface area contributed by atoms with Gasteiger partial charge in [0.05, 0.1) is 21.5 Å². The summed E-state index contributed by atoms with van der Waals surface area (Å²) in [5.41, 5.74) is 1.50. The molecular weight excluding hydrogens is 485 g/mol. The molecule has 3 rings (SSSR count). The molecule has 0 spiro atoms. The number of carbonyl (C=O) groups is 2. The zero-order valence-electron chi connectivity index (χ0n) is 14.2. The topological polar surface area (TPSA) is 46.6 Å². The summed E-state index contributed by atoms with van der Waals surface area (Å²) in [4.78, 5) is 25.7. The fourth-order valence-electron chi connectivity index (χ4n) is 2.42. The average Bonchev–Trinajstić information content (AvgIpc) is 2.92. The van der Waals surface area contributed by atoms with Crippen LogP contribution in [0.1, 0.15) is 11.1 Å². The molecule has 0 aromatic heterocycles. The van der Waals surface area contributed by atoms with Crippen LogP contribution in [0.25, 0.3) is 6.08 Å². The SMILES string of the molecule is C#CCN1C(=O)S/C(=C/c2cc(Br)ccc2OCc2ccc(Cl)c(Cl)c2)C1=O. The second-order valence-corrected chi connectivity index (χ2v) is 8.41. The molecule has 1 fully saturated rings. The lowest BCUT2D eigenvalue weighted by Crippen LogP contribution is -2.28. The maximum absolute atomic E-state index is 12.4. The quantitative estimate of drug-likeness (QED) is 0.376. The second kappa shape index (κ2) is 9.06. The minimum Gasteiger partial charge on any atom is -0.488 e. The minimum absolute atomic E-state index is 0.0544. The van der Waals surface area contributed by atoms with Crippen LogP contribution in [0.15, 0.2) is 45.8 Å². The molecule has 0 saturated carbocycles. The Bertz CT molecular complexity index is 1030. The van der Waals surface area contributed by atoms with E-state index in [0.29, 0.717) is 21.4 Å². The van der Waals surface area contributed by atoms with Crippen molar-refractivity contribution < 1.29 is 14.3 Å². The van der Waals surface area contributed by atoms with Gasteiger partial charge in [-0.05, 0) is 53.7 Å². The number of ether oxygens (including phenoxy) is 1. The van der Waals surface area contributed by atoms with Crippen molar-refractivity contribution in [2.45, 2.75) is 6.61 Å². The average molecular weight is 497 g/mol. The summed E-state index contributed by atoms with van der Waals surface area (Å²) >= 11 is 16.2. The first-order chi connectivity index (χ1) is 13.4. The predicted octanol–water partition coefficient (Wildman–Crippen LogP) is 6.00. The predicted molar refractivity (Wildman–Crippen MR) is 116 cm³/mol. The highest BCUT2D eigenvalue weighted by atomic mass is 79.9. The summed E-state index contributed by atoms with van der Waals surface area (Å²) in [6, 6.07) is 10.7. The van der Waals surface area contributed by atoms with E-state index in [-0.39, 0.29) is 23.3 Å². The van der Waals surface area contributed by atoms with Crippen LogP contribution in [0.3, 0.4) is 0 Å². The standard InChI is InChI=1S/C20H12BrCl2NO3S/c1-2-7-24-19(25)18(28-20(24)26)10-13-9-14(21)4-6-17(13)27-11-12-3-5-15(22)16(23)8-12/h1,3-6,8-10H,7,11H2/b18-10+. The van der Waals surface area contributed by atoms with Crippen LogP contribution in [-0.2, 0) is 11.4 Å². The van der Waals surface area contributed by atoms with Gasteiger partial charge >= 0.3 is 0 Å². The number of imide groups is 1. The number of thioether (sulfide) groups is 1. The Morgan fingerprint density at radius 2 is 1.96 bits per heavy atom. The molecule has 1 heterocycles. The third-order valence-electron chi connectivity index (χ3n) is 3.76. The van der Waals surface area contributed by atoms with Crippen molar-refractivity contribution in [1.82, 2.24) is 4.90 Å². The molecule has 2 amide bonds. The van der Waals surface area contributed by atoms with Crippen molar-refractivity contribution in [3.05, 3.63) is 66.9 Å². The molecule has 8 heteroatoms. The maximum atomic E-state index is 12.4. The Kier molecular flexibility index (Phi) is 6.73. The zero-order chi connectivity index (χ0) is 20.3. The van der Waals surface area contributed by atoms with E-state index in [1.807, 2.05) is 12.1 Å². The van der Waals surface area contributed by atoms with Gasteiger partial charge in [-0.15, -0.1) is 6.42 Å². The van der Waals surface area contributed by atoms with E-state index >= 15 is 0 Å². The summed E-state index contributed by atoms with van der Waals surface area (Å²) < 4.78 is 6.71. The van der Waals surface area contributed by atoms with Gasteiger partial charge in [0.2, 0.25) is 0 Å². The number of benzene rings is 2. The van der Waals surface area contributed by atoms with Crippen LogP contribution in [0.2, 0.25) is 10.0 Å². The third kappa shape index (κ3) is 4.73. The first-order valence-electron chi connectivity index (χ1n) is 7.94. The van der Waals surface area contributed by atoms with Crippen LogP contribution in [-0.4, -0.2) is 22.6 Å². The van der Waals surface area contributed by atoms with Gasteiger partial charge in [0, 0.05) is 10.0 Å². The molecular formula is C20H12BrCl2NO3S. The van der Waals surface area contributed by atoms with Crippen LogP contribution in [0, 0.1) is 12.3 Å². The summed E-state index contributed by atoms with van der Waals surface area (Å²) in [6.07, 6.45) is 6.84. The molecule has 28 heavy (non-hydrogen) atoms. The number of hydrogen-bond donors (Lipinski definition) is 0. The third-order valence-corrected chi connectivity index (χ3v) is 5.90. The normalized spacial score (nSPS) is 15.2. The van der Waals surface area contributed by atoms with Crippen LogP contribution in [0.4, 0.5) is 4.79 Å². The van der Waals surface area contributed by atoms with Crippen molar-refractivity contribution in [3.63, 3.8) is 0 Å². The Morgan fingerprint density at radius 1 is 1.18 bits per heavy atom. The Morgan fingerprint density at radius 3 is 2.68 bits per heavy atom. The van der Waals surface area contributed by atoms with Crippen LogP contribution >= 0.6 is 50.9 Å². The van der Waals surface area contributed by atoms with E-state index in [0.717, 1.165) is 26.7 Å². The smallest absolute Gasteiger partial charge is 0.294 e. The summed E-state index contributed by atoms with van der Waals surface area (Å²) in [6.45, 7) is 0.207. The van der Waals surface area contributed by atoms with Crippen molar-refractivity contribution in [1.29, 1.82) is 0 Å². The van der Waals surface area contributed by atoms with E-state index in [1.165, 1.54) is 0 Å².